The van der Waals surface area contributed by atoms with Crippen molar-refractivity contribution in [3.63, 3.8) is 0 Å². The Morgan fingerprint density at radius 1 is 1.17 bits per heavy atom. The van der Waals surface area contributed by atoms with Crippen LogP contribution in [0.1, 0.15) is 18.4 Å². The maximum Gasteiger partial charge on any atom is 0.191 e. The second-order valence-electron chi connectivity index (χ2n) is 5.00. The van der Waals surface area contributed by atoms with Crippen LogP contribution in [0.2, 0.25) is 10.0 Å². The molecule has 2 N–H and O–H groups in total. The zero-order valence-electron chi connectivity index (χ0n) is 13.4. The molecule has 0 amide bonds. The van der Waals surface area contributed by atoms with Gasteiger partial charge < -0.3 is 15.2 Å². The minimum Gasteiger partial charge on any atom is -0.356 e. The lowest BCUT2D eigenvalue weighted by atomic mass is 10.2. The Bertz CT molecular complexity index is 633. The lowest BCUT2D eigenvalue weighted by molar-refractivity contribution is 0.597. The predicted molar refractivity (Wildman–Crippen MR) is 109 cm³/mol. The van der Waals surface area contributed by atoms with Crippen LogP contribution in [0.5, 0.6) is 0 Å². The summed E-state index contributed by atoms with van der Waals surface area (Å²) in [5.41, 5.74) is 0.978. The number of rotatable bonds is 7. The van der Waals surface area contributed by atoms with Gasteiger partial charge in [-0.1, -0.05) is 29.3 Å². The van der Waals surface area contributed by atoms with Gasteiger partial charge in [-0.05, 0) is 30.5 Å². The minimum atomic E-state index is 0. The summed E-state index contributed by atoms with van der Waals surface area (Å²) in [7, 11) is 1.75. The molecular formula is C15H21Cl2IN6. The Kier molecular flexibility index (Phi) is 10.0. The molecule has 0 saturated carbocycles. The van der Waals surface area contributed by atoms with Gasteiger partial charge in [-0.2, -0.15) is 0 Å². The van der Waals surface area contributed by atoms with Crippen molar-refractivity contribution in [2.24, 2.45) is 4.99 Å². The topological polar surface area (TPSA) is 67.1 Å². The molecule has 1 aromatic carbocycles. The number of guanidine groups is 1. The summed E-state index contributed by atoms with van der Waals surface area (Å²) in [6.07, 6.45) is 5.53. The third-order valence-electron chi connectivity index (χ3n) is 3.29. The van der Waals surface area contributed by atoms with E-state index in [1.54, 1.807) is 25.8 Å². The lowest BCUT2D eigenvalue weighted by Gasteiger charge is -2.12. The molecule has 0 atom stereocenters. The van der Waals surface area contributed by atoms with Crippen molar-refractivity contribution in [1.82, 2.24) is 25.4 Å². The fraction of sp³-hybridized carbons (Fsp3) is 0.400. The molecule has 132 valence electrons. The fourth-order valence-electron chi connectivity index (χ4n) is 2.03. The van der Waals surface area contributed by atoms with E-state index in [0.717, 1.165) is 37.5 Å². The highest BCUT2D eigenvalue weighted by Gasteiger charge is 2.03. The first-order valence-corrected chi connectivity index (χ1v) is 8.15. The molecule has 6 nitrogen and oxygen atoms in total. The first-order valence-electron chi connectivity index (χ1n) is 7.40. The summed E-state index contributed by atoms with van der Waals surface area (Å²) in [5, 5.41) is 15.4. The van der Waals surface area contributed by atoms with E-state index in [0.29, 0.717) is 16.6 Å². The van der Waals surface area contributed by atoms with Gasteiger partial charge in [0.25, 0.3) is 0 Å². The third-order valence-corrected chi connectivity index (χ3v) is 3.87. The van der Waals surface area contributed by atoms with Crippen molar-refractivity contribution in [1.29, 1.82) is 0 Å². The normalized spacial score (nSPS) is 11.0. The molecule has 2 rings (SSSR count). The van der Waals surface area contributed by atoms with Gasteiger partial charge in [0.2, 0.25) is 0 Å². The number of aliphatic imine (C=N–C) groups is 1. The minimum absolute atomic E-state index is 0. The van der Waals surface area contributed by atoms with Crippen LogP contribution < -0.4 is 10.6 Å². The van der Waals surface area contributed by atoms with Crippen LogP contribution in [0.25, 0.3) is 0 Å². The Hall–Kier alpha value is -1.06. The first-order chi connectivity index (χ1) is 11.2. The summed E-state index contributed by atoms with van der Waals surface area (Å²) in [5.74, 6) is 0.750. The van der Waals surface area contributed by atoms with E-state index in [1.807, 2.05) is 16.7 Å². The summed E-state index contributed by atoms with van der Waals surface area (Å²) >= 11 is 12.0. The predicted octanol–water partition coefficient (Wildman–Crippen LogP) is 3.35. The largest absolute Gasteiger partial charge is 0.356 e. The van der Waals surface area contributed by atoms with Gasteiger partial charge in [0, 0.05) is 36.7 Å². The van der Waals surface area contributed by atoms with Gasteiger partial charge in [0.05, 0.1) is 0 Å². The molecular weight excluding hydrogens is 462 g/mol. The van der Waals surface area contributed by atoms with E-state index in [4.69, 9.17) is 23.2 Å². The Morgan fingerprint density at radius 2 is 1.92 bits per heavy atom. The van der Waals surface area contributed by atoms with Crippen molar-refractivity contribution in [2.45, 2.75) is 25.9 Å². The highest BCUT2D eigenvalue weighted by atomic mass is 127. The maximum atomic E-state index is 6.15. The van der Waals surface area contributed by atoms with Gasteiger partial charge in [-0.3, -0.25) is 4.99 Å². The Labute approximate surface area is 169 Å². The van der Waals surface area contributed by atoms with E-state index in [2.05, 4.69) is 25.8 Å². The maximum absolute atomic E-state index is 6.15. The molecule has 1 aromatic heterocycles. The smallest absolute Gasteiger partial charge is 0.191 e. The molecule has 0 aliphatic carbocycles. The fourth-order valence-corrected chi connectivity index (χ4v) is 2.50. The van der Waals surface area contributed by atoms with Crippen molar-refractivity contribution in [2.75, 3.05) is 13.6 Å². The number of benzene rings is 1. The van der Waals surface area contributed by atoms with E-state index in [1.165, 1.54) is 0 Å². The number of hydrogen-bond donors (Lipinski definition) is 2. The molecule has 2 aromatic rings. The summed E-state index contributed by atoms with van der Waals surface area (Å²) in [6.45, 7) is 2.35. The van der Waals surface area contributed by atoms with Gasteiger partial charge >= 0.3 is 0 Å². The summed E-state index contributed by atoms with van der Waals surface area (Å²) in [6, 6.07) is 5.47. The van der Waals surface area contributed by atoms with Gasteiger partial charge in [-0.25, -0.2) is 0 Å². The zero-order chi connectivity index (χ0) is 16.5. The van der Waals surface area contributed by atoms with Gasteiger partial charge in [0.1, 0.15) is 12.7 Å². The first kappa shape index (κ1) is 21.0. The second kappa shape index (κ2) is 11.5. The molecule has 0 unspecified atom stereocenters. The lowest BCUT2D eigenvalue weighted by Crippen LogP contribution is -2.37. The second-order valence-corrected chi connectivity index (χ2v) is 5.84. The van der Waals surface area contributed by atoms with Crippen molar-refractivity contribution in [3.05, 3.63) is 46.5 Å². The SMILES string of the molecule is CN=C(NCCCCn1cnnc1)NCc1ccc(Cl)cc1Cl.I. The molecule has 0 aliphatic heterocycles. The average molecular weight is 483 g/mol. The quantitative estimate of drug-likeness (QED) is 0.275. The van der Waals surface area contributed by atoms with Crippen LogP contribution in [-0.4, -0.2) is 34.3 Å². The highest BCUT2D eigenvalue weighted by molar-refractivity contribution is 14.0. The molecule has 0 bridgehead atoms. The van der Waals surface area contributed by atoms with Gasteiger partial charge in [0.15, 0.2) is 5.96 Å². The molecule has 24 heavy (non-hydrogen) atoms. The molecule has 0 saturated heterocycles. The average Bonchev–Trinajstić information content (AvgIpc) is 3.05. The number of hydrogen-bond acceptors (Lipinski definition) is 3. The standard InChI is InChI=1S/C15H20Cl2N6.HI/c1-18-15(19-6-2-3-7-23-10-21-22-11-23)20-9-12-4-5-13(16)8-14(12)17;/h4-5,8,10-11H,2-3,6-7,9H2,1H3,(H2,18,19,20);1H. The summed E-state index contributed by atoms with van der Waals surface area (Å²) in [4.78, 5) is 4.20. The number of unbranched alkanes of at least 4 members (excludes halogenated alkanes) is 1. The molecule has 9 heteroatoms. The summed E-state index contributed by atoms with van der Waals surface area (Å²) < 4.78 is 1.97. The molecule has 0 fully saturated rings. The number of nitrogens with zero attached hydrogens (tertiary/aromatic N) is 4. The molecule has 0 radical (unpaired) electrons. The highest BCUT2D eigenvalue weighted by Crippen LogP contribution is 2.20. The van der Waals surface area contributed by atoms with E-state index >= 15 is 0 Å². The van der Waals surface area contributed by atoms with E-state index < -0.39 is 0 Å². The monoisotopic (exact) mass is 482 g/mol. The zero-order valence-corrected chi connectivity index (χ0v) is 17.2. The number of aromatic nitrogens is 3. The number of aryl methyl sites for hydroxylation is 1. The molecule has 0 spiro atoms. The van der Waals surface area contributed by atoms with Crippen LogP contribution in [0.4, 0.5) is 0 Å². The van der Waals surface area contributed by atoms with Crippen molar-refractivity contribution < 1.29 is 0 Å². The van der Waals surface area contributed by atoms with Crippen molar-refractivity contribution in [3.8, 4) is 0 Å². The molecule has 1 heterocycles. The van der Waals surface area contributed by atoms with E-state index in [9.17, 15) is 0 Å². The van der Waals surface area contributed by atoms with Crippen molar-refractivity contribution >= 4 is 53.1 Å². The number of halogens is 3. The van der Waals surface area contributed by atoms with E-state index in [-0.39, 0.29) is 24.0 Å². The van der Waals surface area contributed by atoms with Crippen LogP contribution in [0.3, 0.4) is 0 Å². The van der Waals surface area contributed by atoms with Crippen LogP contribution in [0.15, 0.2) is 35.8 Å². The number of nitrogens with one attached hydrogen (secondary N) is 2. The molecule has 0 aliphatic rings. The van der Waals surface area contributed by atoms with Gasteiger partial charge in [-0.15, -0.1) is 34.2 Å². The van der Waals surface area contributed by atoms with Crippen LogP contribution in [0, 0.1) is 0 Å². The Morgan fingerprint density at radius 3 is 2.58 bits per heavy atom. The van der Waals surface area contributed by atoms with Crippen LogP contribution >= 0.6 is 47.2 Å². The van der Waals surface area contributed by atoms with Crippen LogP contribution in [-0.2, 0) is 13.1 Å². The third kappa shape index (κ3) is 7.23. The Balaban J connectivity index is 0.00000288.